The van der Waals surface area contributed by atoms with Crippen molar-refractivity contribution in [3.63, 3.8) is 0 Å². The fourth-order valence-electron chi connectivity index (χ4n) is 4.97. The van der Waals surface area contributed by atoms with Gasteiger partial charge in [-0.2, -0.15) is 0 Å². The second kappa shape index (κ2) is 7.68. The molecule has 4 rings (SSSR count). The maximum absolute atomic E-state index is 12.9. The van der Waals surface area contributed by atoms with Crippen molar-refractivity contribution < 1.29 is 9.59 Å². The van der Waals surface area contributed by atoms with Crippen molar-refractivity contribution in [3.8, 4) is 0 Å². The molecule has 1 aliphatic heterocycles. The predicted octanol–water partition coefficient (Wildman–Crippen LogP) is 2.52. The first-order chi connectivity index (χ1) is 12.4. The molecule has 1 aromatic carbocycles. The fraction of sp³-hybridized carbons (Fsp3) is 0.600. The molecule has 6 nitrogen and oxygen atoms in total. The quantitative estimate of drug-likeness (QED) is 0.721. The summed E-state index contributed by atoms with van der Waals surface area (Å²) in [6.07, 6.45) is 5.55. The van der Waals surface area contributed by atoms with E-state index < -0.39 is 0 Å². The van der Waals surface area contributed by atoms with Crippen LogP contribution in [0.25, 0.3) is 0 Å². The van der Waals surface area contributed by atoms with Crippen molar-refractivity contribution >= 4 is 35.6 Å². The van der Waals surface area contributed by atoms with E-state index >= 15 is 0 Å². The molecule has 3 aliphatic rings. The zero-order valence-corrected chi connectivity index (χ0v) is 16.7. The Balaban J connectivity index is 0.00000210. The van der Waals surface area contributed by atoms with Gasteiger partial charge in [0.25, 0.3) is 5.91 Å². The molecule has 0 saturated heterocycles. The molecule has 2 fully saturated rings. The van der Waals surface area contributed by atoms with Crippen LogP contribution in [0.4, 0.5) is 11.4 Å². The number of carbonyl (C=O) groups is 2. The lowest BCUT2D eigenvalue weighted by Gasteiger charge is -2.45. The van der Waals surface area contributed by atoms with E-state index in [1.54, 1.807) is 6.07 Å². The number of rotatable bonds is 2. The molecule has 4 N–H and O–H groups in total. The average Bonchev–Trinajstić information content (AvgIpc) is 2.60. The number of nitrogens with one attached hydrogen (secondary N) is 2. The van der Waals surface area contributed by atoms with Gasteiger partial charge in [-0.25, -0.2) is 0 Å². The first kappa shape index (κ1) is 20.0. The highest BCUT2D eigenvalue weighted by Gasteiger charge is 2.40. The normalized spacial score (nSPS) is 32.0. The summed E-state index contributed by atoms with van der Waals surface area (Å²) in [4.78, 5) is 26.9. The molecular weight excluding hydrogens is 364 g/mol. The van der Waals surface area contributed by atoms with Gasteiger partial charge in [0.05, 0.1) is 11.4 Å². The highest BCUT2D eigenvalue weighted by molar-refractivity contribution is 6.05. The zero-order valence-electron chi connectivity index (χ0n) is 15.9. The lowest BCUT2D eigenvalue weighted by molar-refractivity contribution is -0.117. The van der Waals surface area contributed by atoms with E-state index in [1.165, 1.54) is 6.42 Å². The Kier molecular flexibility index (Phi) is 5.68. The smallest absolute Gasteiger partial charge is 0.251 e. The van der Waals surface area contributed by atoms with Gasteiger partial charge < -0.3 is 21.3 Å². The largest absolute Gasteiger partial charge is 0.361 e. The van der Waals surface area contributed by atoms with Gasteiger partial charge in [-0.3, -0.25) is 9.59 Å². The third-order valence-corrected chi connectivity index (χ3v) is 6.53. The molecule has 148 valence electrons. The summed E-state index contributed by atoms with van der Waals surface area (Å²) in [5.41, 5.74) is 8.42. The minimum Gasteiger partial charge on any atom is -0.361 e. The molecule has 3 atom stereocenters. The Morgan fingerprint density at radius 1 is 1.26 bits per heavy atom. The van der Waals surface area contributed by atoms with E-state index in [0.717, 1.165) is 31.4 Å². The van der Waals surface area contributed by atoms with Gasteiger partial charge in [-0.05, 0) is 62.6 Å². The Hall–Kier alpha value is -1.79. The van der Waals surface area contributed by atoms with E-state index in [4.69, 9.17) is 5.73 Å². The molecule has 7 heteroatoms. The van der Waals surface area contributed by atoms with Gasteiger partial charge in [-0.15, -0.1) is 12.4 Å². The minimum absolute atomic E-state index is 0. The first-order valence-electron chi connectivity index (χ1n) is 9.68. The fourth-order valence-corrected chi connectivity index (χ4v) is 4.97. The average molecular weight is 393 g/mol. The SMILES string of the molecule is CC1C(=O)Nc2cc(C(=O)NC3C4CCCC3CC(N)C4)ccc2N1C.Cl. The summed E-state index contributed by atoms with van der Waals surface area (Å²) in [6, 6.07) is 5.83. The van der Waals surface area contributed by atoms with Crippen LogP contribution in [0.3, 0.4) is 0 Å². The molecule has 0 radical (unpaired) electrons. The van der Waals surface area contributed by atoms with Crippen LogP contribution in [0.1, 0.15) is 49.4 Å². The number of amides is 2. The summed E-state index contributed by atoms with van der Waals surface area (Å²) in [6.45, 7) is 1.87. The van der Waals surface area contributed by atoms with Crippen molar-refractivity contribution in [3.05, 3.63) is 23.8 Å². The Morgan fingerprint density at radius 2 is 1.93 bits per heavy atom. The van der Waals surface area contributed by atoms with Crippen LogP contribution in [0.15, 0.2) is 18.2 Å². The van der Waals surface area contributed by atoms with Gasteiger partial charge in [-0.1, -0.05) is 6.42 Å². The van der Waals surface area contributed by atoms with Crippen molar-refractivity contribution in [2.75, 3.05) is 17.3 Å². The molecule has 1 heterocycles. The molecule has 27 heavy (non-hydrogen) atoms. The molecular formula is C20H29ClN4O2. The third-order valence-electron chi connectivity index (χ3n) is 6.53. The summed E-state index contributed by atoms with van der Waals surface area (Å²) >= 11 is 0. The van der Waals surface area contributed by atoms with Gasteiger partial charge in [0, 0.05) is 24.7 Å². The van der Waals surface area contributed by atoms with Crippen LogP contribution < -0.4 is 21.3 Å². The van der Waals surface area contributed by atoms with Crippen LogP contribution in [-0.4, -0.2) is 37.0 Å². The van der Waals surface area contributed by atoms with Crippen LogP contribution in [-0.2, 0) is 4.79 Å². The maximum Gasteiger partial charge on any atom is 0.251 e. The minimum atomic E-state index is -0.215. The maximum atomic E-state index is 12.9. The monoisotopic (exact) mass is 392 g/mol. The van der Waals surface area contributed by atoms with E-state index in [0.29, 0.717) is 23.1 Å². The van der Waals surface area contributed by atoms with E-state index in [1.807, 2.05) is 31.0 Å². The number of carbonyl (C=O) groups excluding carboxylic acids is 2. The van der Waals surface area contributed by atoms with Gasteiger partial charge in [0.2, 0.25) is 5.91 Å². The Morgan fingerprint density at radius 3 is 2.59 bits per heavy atom. The van der Waals surface area contributed by atoms with Crippen LogP contribution >= 0.6 is 12.4 Å². The molecule has 3 unspecified atom stereocenters. The lowest BCUT2D eigenvalue weighted by atomic mass is 9.67. The van der Waals surface area contributed by atoms with Crippen LogP contribution in [0, 0.1) is 11.8 Å². The third kappa shape index (κ3) is 3.65. The Bertz CT molecular complexity index is 727. The highest BCUT2D eigenvalue weighted by atomic mass is 35.5. The van der Waals surface area contributed by atoms with Crippen molar-refractivity contribution in [2.24, 2.45) is 17.6 Å². The van der Waals surface area contributed by atoms with Crippen molar-refractivity contribution in [1.29, 1.82) is 0 Å². The van der Waals surface area contributed by atoms with E-state index in [2.05, 4.69) is 10.6 Å². The number of likely N-dealkylation sites (N-methyl/N-ethyl adjacent to an activating group) is 1. The first-order valence-corrected chi connectivity index (χ1v) is 9.68. The standard InChI is InChI=1S/C20H28N4O2.ClH/c1-11-19(25)22-16-10-14(6-7-17(16)24(11)2)20(26)23-18-12-4-3-5-13(18)9-15(21)8-12;/h6-7,10-13,15,18H,3-5,8-9,21H2,1-2H3,(H,22,25)(H,23,26);1H. The van der Waals surface area contributed by atoms with Crippen LogP contribution in [0.2, 0.25) is 0 Å². The summed E-state index contributed by atoms with van der Waals surface area (Å²) in [5.74, 6) is 0.880. The predicted molar refractivity (Wildman–Crippen MR) is 109 cm³/mol. The number of halogens is 1. The van der Waals surface area contributed by atoms with Crippen LogP contribution in [0.5, 0.6) is 0 Å². The van der Waals surface area contributed by atoms with Crippen molar-refractivity contribution in [1.82, 2.24) is 5.32 Å². The molecule has 0 spiro atoms. The molecule has 2 saturated carbocycles. The number of nitrogens with zero attached hydrogens (tertiary/aromatic N) is 1. The number of anilines is 2. The number of nitrogens with two attached hydrogens (primary N) is 1. The molecule has 0 aromatic heterocycles. The Labute approximate surface area is 166 Å². The van der Waals surface area contributed by atoms with Gasteiger partial charge >= 0.3 is 0 Å². The molecule has 2 bridgehead atoms. The zero-order chi connectivity index (χ0) is 18.4. The molecule has 2 aliphatic carbocycles. The van der Waals surface area contributed by atoms with E-state index in [9.17, 15) is 9.59 Å². The molecule has 2 amide bonds. The topological polar surface area (TPSA) is 87.5 Å². The summed E-state index contributed by atoms with van der Waals surface area (Å²) < 4.78 is 0. The number of fused-ring (bicyclic) bond motifs is 3. The van der Waals surface area contributed by atoms with Crippen molar-refractivity contribution in [2.45, 2.75) is 57.2 Å². The summed E-state index contributed by atoms with van der Waals surface area (Å²) in [7, 11) is 1.90. The number of hydrogen-bond acceptors (Lipinski definition) is 4. The highest BCUT2D eigenvalue weighted by Crippen LogP contribution is 2.40. The lowest BCUT2D eigenvalue weighted by Crippen LogP contribution is -2.53. The summed E-state index contributed by atoms with van der Waals surface area (Å²) in [5, 5.41) is 6.18. The van der Waals surface area contributed by atoms with E-state index in [-0.39, 0.29) is 42.3 Å². The second-order valence-corrected chi connectivity index (χ2v) is 8.19. The van der Waals surface area contributed by atoms with Gasteiger partial charge in [0.1, 0.15) is 6.04 Å². The number of hydrogen-bond donors (Lipinski definition) is 3. The van der Waals surface area contributed by atoms with Gasteiger partial charge in [0.15, 0.2) is 0 Å². The number of benzene rings is 1. The molecule has 1 aromatic rings. The second-order valence-electron chi connectivity index (χ2n) is 8.19.